The van der Waals surface area contributed by atoms with Crippen molar-refractivity contribution in [1.29, 1.82) is 0 Å². The minimum Gasteiger partial charge on any atom is -0.311 e. The van der Waals surface area contributed by atoms with Crippen molar-refractivity contribution in [2.45, 2.75) is 57.0 Å². The largest absolute Gasteiger partial charge is 0.311 e. The van der Waals surface area contributed by atoms with Crippen LogP contribution in [-0.4, -0.2) is 37.9 Å². The van der Waals surface area contributed by atoms with Crippen LogP contribution in [0.2, 0.25) is 0 Å². The summed E-state index contributed by atoms with van der Waals surface area (Å²) in [6.07, 6.45) is 1.05. The predicted octanol–water partition coefficient (Wildman–Crippen LogP) is 2.57. The molecule has 1 heterocycles. The number of hydrogen-bond acceptors (Lipinski definition) is 3. The summed E-state index contributed by atoms with van der Waals surface area (Å²) in [4.78, 5) is 0.399. The van der Waals surface area contributed by atoms with Gasteiger partial charge in [0.1, 0.15) is 0 Å². The number of nitrogens with one attached hydrogen (secondary N) is 1. The summed E-state index contributed by atoms with van der Waals surface area (Å²) in [5, 5.41) is 3.31. The van der Waals surface area contributed by atoms with Crippen LogP contribution in [0.3, 0.4) is 0 Å². The third-order valence-corrected chi connectivity index (χ3v) is 6.37. The summed E-state index contributed by atoms with van der Waals surface area (Å²) in [5.74, 6) is 0.458. The van der Waals surface area contributed by atoms with Crippen molar-refractivity contribution in [3.63, 3.8) is 0 Å². The lowest BCUT2D eigenvalue weighted by Gasteiger charge is -2.36. The van der Waals surface area contributed by atoms with Crippen molar-refractivity contribution in [3.8, 4) is 0 Å². The summed E-state index contributed by atoms with van der Waals surface area (Å²) in [5.41, 5.74) is 1.19. The van der Waals surface area contributed by atoms with E-state index in [1.54, 1.807) is 16.4 Å². The second-order valence-corrected chi connectivity index (χ2v) is 8.00. The summed E-state index contributed by atoms with van der Waals surface area (Å²) in [6.45, 7) is 9.48. The number of rotatable bonds is 4. The summed E-state index contributed by atoms with van der Waals surface area (Å²) in [7, 11) is -3.40. The Hall–Kier alpha value is -0.910. The van der Waals surface area contributed by atoms with E-state index in [0.717, 1.165) is 6.42 Å². The average molecular weight is 310 g/mol. The molecule has 0 aliphatic carbocycles. The molecule has 0 bridgehead atoms. The van der Waals surface area contributed by atoms with Crippen LogP contribution in [0, 0.1) is 0 Å². The van der Waals surface area contributed by atoms with Crippen LogP contribution < -0.4 is 5.32 Å². The fourth-order valence-electron chi connectivity index (χ4n) is 2.66. The maximum Gasteiger partial charge on any atom is 0.243 e. The molecule has 118 valence electrons. The van der Waals surface area contributed by atoms with Gasteiger partial charge in [-0.05, 0) is 43.9 Å². The molecule has 3 unspecified atom stereocenters. The van der Waals surface area contributed by atoms with E-state index in [9.17, 15) is 8.42 Å². The number of nitrogens with zero attached hydrogens (tertiary/aromatic N) is 1. The van der Waals surface area contributed by atoms with Gasteiger partial charge < -0.3 is 5.32 Å². The minimum absolute atomic E-state index is 0.0135. The Balaban J connectivity index is 2.26. The van der Waals surface area contributed by atoms with Gasteiger partial charge in [-0.3, -0.25) is 0 Å². The van der Waals surface area contributed by atoms with Crippen molar-refractivity contribution in [2.24, 2.45) is 0 Å². The van der Waals surface area contributed by atoms with Crippen molar-refractivity contribution in [3.05, 3.63) is 29.8 Å². The molecule has 0 aromatic heterocycles. The first kappa shape index (κ1) is 16.5. The first-order chi connectivity index (χ1) is 9.86. The Bertz CT molecular complexity index is 568. The zero-order chi connectivity index (χ0) is 15.6. The molecule has 1 aliphatic heterocycles. The molecule has 0 spiro atoms. The molecular weight excluding hydrogens is 284 g/mol. The molecule has 1 aromatic rings. The fourth-order valence-corrected chi connectivity index (χ4v) is 4.38. The zero-order valence-electron chi connectivity index (χ0n) is 13.3. The van der Waals surface area contributed by atoms with E-state index in [4.69, 9.17) is 0 Å². The van der Waals surface area contributed by atoms with Crippen LogP contribution in [0.1, 0.15) is 45.6 Å². The predicted molar refractivity (Wildman–Crippen MR) is 86.0 cm³/mol. The van der Waals surface area contributed by atoms with Gasteiger partial charge in [0.05, 0.1) is 4.90 Å². The van der Waals surface area contributed by atoms with E-state index < -0.39 is 10.0 Å². The molecule has 1 fully saturated rings. The van der Waals surface area contributed by atoms with Gasteiger partial charge in [0.25, 0.3) is 0 Å². The molecule has 0 radical (unpaired) electrons. The average Bonchev–Trinajstić information content (AvgIpc) is 2.49. The lowest BCUT2D eigenvalue weighted by molar-refractivity contribution is 0.244. The highest BCUT2D eigenvalue weighted by Crippen LogP contribution is 2.24. The molecule has 1 aliphatic rings. The second kappa shape index (κ2) is 6.46. The minimum atomic E-state index is -3.40. The van der Waals surface area contributed by atoms with Gasteiger partial charge in [0.2, 0.25) is 10.0 Å². The number of benzene rings is 1. The lowest BCUT2D eigenvalue weighted by atomic mass is 9.99. The van der Waals surface area contributed by atoms with Crippen LogP contribution in [0.4, 0.5) is 0 Å². The van der Waals surface area contributed by atoms with E-state index in [1.807, 2.05) is 26.0 Å². The van der Waals surface area contributed by atoms with Gasteiger partial charge >= 0.3 is 0 Å². The molecule has 1 saturated heterocycles. The quantitative estimate of drug-likeness (QED) is 0.930. The van der Waals surface area contributed by atoms with Gasteiger partial charge in [0, 0.05) is 25.2 Å². The maximum atomic E-state index is 12.8. The molecular formula is C16H26N2O2S. The van der Waals surface area contributed by atoms with Gasteiger partial charge in [-0.1, -0.05) is 26.0 Å². The zero-order valence-corrected chi connectivity index (χ0v) is 14.2. The van der Waals surface area contributed by atoms with Gasteiger partial charge in [-0.15, -0.1) is 0 Å². The summed E-state index contributed by atoms with van der Waals surface area (Å²) in [6, 6.07) is 7.55. The topological polar surface area (TPSA) is 49.4 Å². The Morgan fingerprint density at radius 1 is 1.29 bits per heavy atom. The van der Waals surface area contributed by atoms with E-state index in [2.05, 4.69) is 19.2 Å². The van der Waals surface area contributed by atoms with E-state index in [0.29, 0.717) is 23.9 Å². The Morgan fingerprint density at radius 3 is 2.48 bits per heavy atom. The normalized spacial score (nSPS) is 25.7. The van der Waals surface area contributed by atoms with Crippen LogP contribution in [-0.2, 0) is 10.0 Å². The maximum absolute atomic E-state index is 12.8. The van der Waals surface area contributed by atoms with E-state index in [1.165, 1.54) is 5.56 Å². The molecule has 4 nitrogen and oxygen atoms in total. The third kappa shape index (κ3) is 3.47. The van der Waals surface area contributed by atoms with Crippen molar-refractivity contribution in [2.75, 3.05) is 13.1 Å². The molecule has 21 heavy (non-hydrogen) atoms. The van der Waals surface area contributed by atoms with Gasteiger partial charge in [0.15, 0.2) is 0 Å². The van der Waals surface area contributed by atoms with Gasteiger partial charge in [-0.2, -0.15) is 4.31 Å². The monoisotopic (exact) mass is 310 g/mol. The number of sulfonamides is 1. The second-order valence-electron chi connectivity index (χ2n) is 6.11. The molecule has 1 aromatic carbocycles. The van der Waals surface area contributed by atoms with Gasteiger partial charge in [-0.25, -0.2) is 8.42 Å². The molecule has 1 N–H and O–H groups in total. The molecule has 5 heteroatoms. The first-order valence-corrected chi connectivity index (χ1v) is 9.15. The smallest absolute Gasteiger partial charge is 0.243 e. The van der Waals surface area contributed by atoms with Crippen LogP contribution in [0.25, 0.3) is 0 Å². The SMILES string of the molecule is CCC(C)c1ccc(S(=O)(=O)N2CC(C)NCC2C)cc1. The molecule has 0 saturated carbocycles. The van der Waals surface area contributed by atoms with Crippen LogP contribution in [0.5, 0.6) is 0 Å². The van der Waals surface area contributed by atoms with Crippen molar-refractivity contribution < 1.29 is 8.42 Å². The standard InChI is InChI=1S/C16H26N2O2S/c1-5-12(2)15-6-8-16(9-7-15)21(19,20)18-11-13(3)17-10-14(18)4/h6-9,12-14,17H,5,10-11H2,1-4H3. The Morgan fingerprint density at radius 2 is 1.90 bits per heavy atom. The lowest BCUT2D eigenvalue weighted by Crippen LogP contribution is -2.56. The fraction of sp³-hybridized carbons (Fsp3) is 0.625. The Kier molecular flexibility index (Phi) is 5.07. The van der Waals surface area contributed by atoms with E-state index >= 15 is 0 Å². The van der Waals surface area contributed by atoms with Crippen LogP contribution >= 0.6 is 0 Å². The highest BCUT2D eigenvalue weighted by molar-refractivity contribution is 7.89. The van der Waals surface area contributed by atoms with Crippen molar-refractivity contribution >= 4 is 10.0 Å². The van der Waals surface area contributed by atoms with Crippen LogP contribution in [0.15, 0.2) is 29.2 Å². The van der Waals surface area contributed by atoms with Crippen molar-refractivity contribution in [1.82, 2.24) is 9.62 Å². The summed E-state index contributed by atoms with van der Waals surface area (Å²) < 4.78 is 27.2. The molecule has 2 rings (SSSR count). The number of hydrogen-bond donors (Lipinski definition) is 1. The first-order valence-electron chi connectivity index (χ1n) is 7.71. The number of piperazine rings is 1. The molecule has 3 atom stereocenters. The Labute approximate surface area is 128 Å². The summed E-state index contributed by atoms with van der Waals surface area (Å²) >= 11 is 0. The highest BCUT2D eigenvalue weighted by atomic mass is 32.2. The third-order valence-electron chi connectivity index (χ3n) is 4.38. The van der Waals surface area contributed by atoms with E-state index in [-0.39, 0.29) is 12.1 Å². The molecule has 0 amide bonds. The highest BCUT2D eigenvalue weighted by Gasteiger charge is 2.33.